The summed E-state index contributed by atoms with van der Waals surface area (Å²) < 4.78 is 12.9. The first-order valence-corrected chi connectivity index (χ1v) is 5.83. The Balaban J connectivity index is 2.00. The van der Waals surface area contributed by atoms with Gasteiger partial charge in [0.25, 0.3) is 0 Å². The van der Waals surface area contributed by atoms with Gasteiger partial charge in [-0.1, -0.05) is 6.07 Å². The Morgan fingerprint density at radius 1 is 1.41 bits per heavy atom. The second-order valence-electron chi connectivity index (χ2n) is 3.47. The van der Waals surface area contributed by atoms with E-state index in [-0.39, 0.29) is 11.4 Å². The number of carbonyl (C=O) groups is 1. The number of nitrogens with one attached hydrogen (secondary N) is 1. The predicted octanol–water partition coefficient (Wildman–Crippen LogP) is 3.20. The number of carboxylic acids is 1. The number of hydrogen-bond donors (Lipinski definition) is 2. The topological polar surface area (TPSA) is 49.3 Å². The molecule has 88 valence electrons. The molecular formula is C12H10FNO2S. The Labute approximate surface area is 102 Å². The zero-order chi connectivity index (χ0) is 12.3. The molecule has 0 atom stereocenters. The molecule has 5 heteroatoms. The summed E-state index contributed by atoms with van der Waals surface area (Å²) >= 11 is 1.36. The Kier molecular flexibility index (Phi) is 3.39. The lowest BCUT2D eigenvalue weighted by Gasteiger charge is -2.04. The number of aromatic carboxylic acids is 1. The van der Waals surface area contributed by atoms with Crippen LogP contribution in [0.3, 0.4) is 0 Å². The molecule has 0 fully saturated rings. The average molecular weight is 251 g/mol. The van der Waals surface area contributed by atoms with Crippen LogP contribution in [0.5, 0.6) is 0 Å². The lowest BCUT2D eigenvalue weighted by Crippen LogP contribution is -1.98. The second kappa shape index (κ2) is 4.97. The van der Waals surface area contributed by atoms with Gasteiger partial charge in [-0.2, -0.15) is 0 Å². The Bertz CT molecular complexity index is 539. The number of rotatable bonds is 4. The van der Waals surface area contributed by atoms with Crippen molar-refractivity contribution in [1.82, 2.24) is 0 Å². The van der Waals surface area contributed by atoms with Crippen LogP contribution in [0.25, 0.3) is 0 Å². The predicted molar refractivity (Wildman–Crippen MR) is 65.0 cm³/mol. The van der Waals surface area contributed by atoms with E-state index in [2.05, 4.69) is 5.32 Å². The van der Waals surface area contributed by atoms with Gasteiger partial charge in [0, 0.05) is 22.5 Å². The molecule has 0 aliphatic carbocycles. The van der Waals surface area contributed by atoms with Crippen LogP contribution in [0, 0.1) is 5.82 Å². The molecule has 2 aromatic rings. The number of anilines is 1. The smallest absolute Gasteiger partial charge is 0.336 e. The van der Waals surface area contributed by atoms with Crippen molar-refractivity contribution in [3.63, 3.8) is 0 Å². The first-order valence-electron chi connectivity index (χ1n) is 4.95. The van der Waals surface area contributed by atoms with Gasteiger partial charge in [0.2, 0.25) is 0 Å². The van der Waals surface area contributed by atoms with Crippen LogP contribution in [0.1, 0.15) is 15.2 Å². The molecule has 17 heavy (non-hydrogen) atoms. The molecule has 1 aromatic heterocycles. The summed E-state index contributed by atoms with van der Waals surface area (Å²) in [6.07, 6.45) is 0. The van der Waals surface area contributed by atoms with Crippen LogP contribution < -0.4 is 5.32 Å². The van der Waals surface area contributed by atoms with Gasteiger partial charge >= 0.3 is 5.97 Å². The summed E-state index contributed by atoms with van der Waals surface area (Å²) in [5, 5.41) is 13.4. The van der Waals surface area contributed by atoms with E-state index in [0.717, 1.165) is 4.88 Å². The van der Waals surface area contributed by atoms with E-state index in [1.165, 1.54) is 23.5 Å². The maximum absolute atomic E-state index is 12.9. The molecule has 2 N–H and O–H groups in total. The van der Waals surface area contributed by atoms with Crippen molar-refractivity contribution in [3.05, 3.63) is 52.0 Å². The molecule has 3 nitrogen and oxygen atoms in total. The van der Waals surface area contributed by atoms with E-state index in [1.807, 2.05) is 0 Å². The molecule has 0 spiro atoms. The molecule has 0 saturated carbocycles. The number of thiophene rings is 1. The van der Waals surface area contributed by atoms with Crippen molar-refractivity contribution >= 4 is 23.0 Å². The maximum atomic E-state index is 12.9. The number of benzene rings is 1. The highest BCUT2D eigenvalue weighted by Gasteiger charge is 2.06. The first kappa shape index (κ1) is 11.6. The molecule has 0 saturated heterocycles. The molecule has 1 aromatic carbocycles. The highest BCUT2D eigenvalue weighted by atomic mass is 32.1. The van der Waals surface area contributed by atoms with Gasteiger partial charge in [-0.3, -0.25) is 0 Å². The minimum Gasteiger partial charge on any atom is -0.478 e. The second-order valence-corrected chi connectivity index (χ2v) is 4.47. The Morgan fingerprint density at radius 2 is 2.24 bits per heavy atom. The van der Waals surface area contributed by atoms with Gasteiger partial charge < -0.3 is 10.4 Å². The fourth-order valence-corrected chi connectivity index (χ4v) is 2.17. The van der Waals surface area contributed by atoms with Crippen LogP contribution in [-0.4, -0.2) is 11.1 Å². The minimum atomic E-state index is -0.932. The van der Waals surface area contributed by atoms with Crippen LogP contribution in [0.2, 0.25) is 0 Å². The van der Waals surface area contributed by atoms with Crippen LogP contribution in [0.4, 0.5) is 10.1 Å². The fourth-order valence-electron chi connectivity index (χ4n) is 1.37. The van der Waals surface area contributed by atoms with Crippen LogP contribution in [0.15, 0.2) is 35.7 Å². The minimum absolute atomic E-state index is 0.283. The zero-order valence-corrected chi connectivity index (χ0v) is 9.63. The van der Waals surface area contributed by atoms with Crippen molar-refractivity contribution in [2.24, 2.45) is 0 Å². The van der Waals surface area contributed by atoms with Crippen molar-refractivity contribution in [1.29, 1.82) is 0 Å². The number of halogens is 1. The molecule has 0 aliphatic rings. The van der Waals surface area contributed by atoms with Gasteiger partial charge in [-0.15, -0.1) is 11.3 Å². The number of hydrogen-bond acceptors (Lipinski definition) is 3. The normalized spacial score (nSPS) is 10.2. The van der Waals surface area contributed by atoms with Crippen molar-refractivity contribution < 1.29 is 14.3 Å². The van der Waals surface area contributed by atoms with E-state index in [4.69, 9.17) is 5.11 Å². The van der Waals surface area contributed by atoms with Gasteiger partial charge in [0.05, 0.1) is 5.56 Å². The van der Waals surface area contributed by atoms with Crippen LogP contribution >= 0.6 is 11.3 Å². The molecule has 2 rings (SSSR count). The summed E-state index contributed by atoms with van der Waals surface area (Å²) in [6.45, 7) is 0.487. The van der Waals surface area contributed by atoms with E-state index in [9.17, 15) is 9.18 Å². The zero-order valence-electron chi connectivity index (χ0n) is 8.81. The van der Waals surface area contributed by atoms with Crippen molar-refractivity contribution in [2.75, 3.05) is 5.32 Å². The lowest BCUT2D eigenvalue weighted by atomic mass is 10.3. The monoisotopic (exact) mass is 251 g/mol. The molecule has 0 bridgehead atoms. The van der Waals surface area contributed by atoms with Crippen molar-refractivity contribution in [2.45, 2.75) is 6.54 Å². The maximum Gasteiger partial charge on any atom is 0.336 e. The van der Waals surface area contributed by atoms with Gasteiger partial charge in [0.15, 0.2) is 0 Å². The lowest BCUT2D eigenvalue weighted by molar-refractivity contribution is 0.0697. The van der Waals surface area contributed by atoms with Crippen molar-refractivity contribution in [3.8, 4) is 0 Å². The molecular weight excluding hydrogens is 241 g/mol. The summed E-state index contributed by atoms with van der Waals surface area (Å²) in [5.41, 5.74) is 0.960. The number of carboxylic acid groups (broad SMARTS) is 1. The molecule has 1 heterocycles. The first-order chi connectivity index (χ1) is 8.15. The Hall–Kier alpha value is -1.88. The van der Waals surface area contributed by atoms with Gasteiger partial charge in [-0.25, -0.2) is 9.18 Å². The highest BCUT2D eigenvalue weighted by Crippen LogP contribution is 2.17. The molecule has 0 aliphatic heterocycles. The SMILES string of the molecule is O=C(O)c1csc(CNc2cccc(F)c2)c1. The third-order valence-electron chi connectivity index (χ3n) is 2.19. The molecule has 0 amide bonds. The fraction of sp³-hybridized carbons (Fsp3) is 0.0833. The largest absolute Gasteiger partial charge is 0.478 e. The van der Waals surface area contributed by atoms with E-state index >= 15 is 0 Å². The van der Waals surface area contributed by atoms with Crippen LogP contribution in [-0.2, 0) is 6.54 Å². The van der Waals surface area contributed by atoms with E-state index < -0.39 is 5.97 Å². The average Bonchev–Trinajstić information content (AvgIpc) is 2.75. The third-order valence-corrected chi connectivity index (χ3v) is 3.13. The summed E-state index contributed by atoms with van der Waals surface area (Å²) in [4.78, 5) is 11.6. The molecule has 0 unspecified atom stereocenters. The quantitative estimate of drug-likeness (QED) is 0.877. The standard InChI is InChI=1S/C12H10FNO2S/c13-9-2-1-3-10(5-9)14-6-11-4-8(7-17-11)12(15)16/h1-5,7,14H,6H2,(H,15,16). The van der Waals surface area contributed by atoms with Gasteiger partial charge in [-0.05, 0) is 24.3 Å². The highest BCUT2D eigenvalue weighted by molar-refractivity contribution is 7.10. The van der Waals surface area contributed by atoms with E-state index in [1.54, 1.807) is 23.6 Å². The van der Waals surface area contributed by atoms with E-state index in [0.29, 0.717) is 12.2 Å². The van der Waals surface area contributed by atoms with Gasteiger partial charge in [0.1, 0.15) is 5.82 Å². The summed E-state index contributed by atoms with van der Waals surface area (Å²) in [5.74, 6) is -1.23. The summed E-state index contributed by atoms with van der Waals surface area (Å²) in [7, 11) is 0. The summed E-state index contributed by atoms with van der Waals surface area (Å²) in [6, 6.07) is 7.76. The molecule has 0 radical (unpaired) electrons. The third kappa shape index (κ3) is 3.04. The Morgan fingerprint density at radius 3 is 2.88 bits per heavy atom.